The number of nitrogens with zero attached hydrogens (tertiary/aromatic N) is 6. The molecule has 1 atom stereocenters. The minimum atomic E-state index is -1.03. The lowest BCUT2D eigenvalue weighted by Crippen LogP contribution is -2.48. The number of carbonyl (C=O) groups is 1. The summed E-state index contributed by atoms with van der Waals surface area (Å²) in [5.74, 6) is -2.51. The first-order chi connectivity index (χ1) is 14.9. The molecular formula is C20H26FN9O. The molecule has 31 heavy (non-hydrogen) atoms. The number of aliphatic imine (C=N–C) groups is 2. The Labute approximate surface area is 179 Å². The van der Waals surface area contributed by atoms with E-state index in [-0.39, 0.29) is 11.5 Å². The van der Waals surface area contributed by atoms with Crippen LogP contribution in [0.5, 0.6) is 0 Å². The van der Waals surface area contributed by atoms with Crippen molar-refractivity contribution in [2.45, 2.75) is 24.9 Å². The third-order valence-corrected chi connectivity index (χ3v) is 5.26. The number of nitrogens with two attached hydrogens (primary N) is 3. The average Bonchev–Trinajstić information content (AvgIpc) is 2.76. The van der Waals surface area contributed by atoms with Crippen LogP contribution in [0.25, 0.3) is 0 Å². The molecule has 6 N–H and O–H groups in total. The Morgan fingerprint density at radius 3 is 2.65 bits per heavy atom. The van der Waals surface area contributed by atoms with Gasteiger partial charge in [-0.2, -0.15) is 4.39 Å². The lowest BCUT2D eigenvalue weighted by atomic mass is 9.88. The van der Waals surface area contributed by atoms with Gasteiger partial charge in [0.1, 0.15) is 11.8 Å². The maximum atomic E-state index is 13.3. The fraction of sp³-hybridized carbons (Fsp3) is 0.400. The third-order valence-electron chi connectivity index (χ3n) is 5.26. The van der Waals surface area contributed by atoms with Crippen LogP contribution in [0.3, 0.4) is 0 Å². The number of halogens is 1. The minimum Gasteiger partial charge on any atom is -0.386 e. The maximum Gasteiger partial charge on any atom is 0.233 e. The summed E-state index contributed by atoms with van der Waals surface area (Å²) in [7, 11) is 0. The summed E-state index contributed by atoms with van der Waals surface area (Å²) < 4.78 is 13.3. The maximum absolute atomic E-state index is 13.3. The minimum absolute atomic E-state index is 0.0749. The van der Waals surface area contributed by atoms with Gasteiger partial charge in [0, 0.05) is 63.2 Å². The number of aromatic nitrogens is 3. The zero-order valence-electron chi connectivity index (χ0n) is 17.1. The van der Waals surface area contributed by atoms with Gasteiger partial charge in [0.2, 0.25) is 11.9 Å². The Balaban J connectivity index is 1.68. The summed E-state index contributed by atoms with van der Waals surface area (Å²) in [6.45, 7) is 2.56. The van der Waals surface area contributed by atoms with Gasteiger partial charge in [-0.1, -0.05) is 0 Å². The van der Waals surface area contributed by atoms with Gasteiger partial charge < -0.3 is 17.2 Å². The number of primary amides is 1. The van der Waals surface area contributed by atoms with Crippen LogP contribution < -0.4 is 17.2 Å². The fourth-order valence-electron chi connectivity index (χ4n) is 3.36. The molecule has 1 fully saturated rings. The van der Waals surface area contributed by atoms with E-state index >= 15 is 0 Å². The molecule has 2 aromatic heterocycles. The van der Waals surface area contributed by atoms with E-state index in [2.05, 4.69) is 29.8 Å². The first kappa shape index (κ1) is 22.4. The number of rotatable bonds is 8. The van der Waals surface area contributed by atoms with Gasteiger partial charge in [-0.05, 0) is 18.9 Å². The molecule has 2 aromatic rings. The zero-order valence-corrected chi connectivity index (χ0v) is 17.1. The van der Waals surface area contributed by atoms with Crippen LogP contribution in [-0.4, -0.2) is 63.0 Å². The molecule has 3 rings (SSSR count). The van der Waals surface area contributed by atoms with E-state index in [1.165, 1.54) is 18.5 Å². The molecule has 0 aromatic carbocycles. The van der Waals surface area contributed by atoms with Crippen molar-refractivity contribution in [2.24, 2.45) is 33.1 Å². The summed E-state index contributed by atoms with van der Waals surface area (Å²) in [5, 5.41) is 0. The molecule has 164 valence electrons. The lowest BCUT2D eigenvalue weighted by molar-refractivity contribution is -0.118. The SMILES string of the molecule is NCC1(N=CC(C(N)=O)C(N)=Nc2ccnc(F)c2)CCN(Cc2cnccn2)CC1. The number of hydrogen-bond donors (Lipinski definition) is 3. The molecule has 10 nitrogen and oxygen atoms in total. The van der Waals surface area contributed by atoms with Crippen LogP contribution in [0.4, 0.5) is 10.1 Å². The molecule has 1 amide bonds. The van der Waals surface area contributed by atoms with Crippen LogP contribution in [0.15, 0.2) is 46.9 Å². The van der Waals surface area contributed by atoms with Crippen LogP contribution in [-0.2, 0) is 11.3 Å². The number of hydrogen-bond acceptors (Lipinski definition) is 8. The number of likely N-dealkylation sites (tertiary alicyclic amines) is 1. The third kappa shape index (κ3) is 6.09. The van der Waals surface area contributed by atoms with Crippen molar-refractivity contribution >= 4 is 23.6 Å². The van der Waals surface area contributed by atoms with E-state index in [4.69, 9.17) is 17.2 Å². The second-order valence-corrected chi connectivity index (χ2v) is 7.43. The van der Waals surface area contributed by atoms with Crippen molar-refractivity contribution in [3.8, 4) is 0 Å². The van der Waals surface area contributed by atoms with Gasteiger partial charge in [0.15, 0.2) is 0 Å². The van der Waals surface area contributed by atoms with Crippen LogP contribution >= 0.6 is 0 Å². The van der Waals surface area contributed by atoms with Gasteiger partial charge in [0.25, 0.3) is 0 Å². The van der Waals surface area contributed by atoms with E-state index < -0.39 is 23.3 Å². The lowest BCUT2D eigenvalue weighted by Gasteiger charge is -2.38. The first-order valence-corrected chi connectivity index (χ1v) is 9.88. The smallest absolute Gasteiger partial charge is 0.233 e. The Hall–Kier alpha value is -3.31. The van der Waals surface area contributed by atoms with Gasteiger partial charge in [0.05, 0.1) is 16.9 Å². The summed E-state index contributed by atoms with van der Waals surface area (Å²) >= 11 is 0. The van der Waals surface area contributed by atoms with E-state index in [0.717, 1.165) is 24.8 Å². The van der Waals surface area contributed by atoms with Crippen LogP contribution in [0.2, 0.25) is 0 Å². The molecule has 1 aliphatic rings. The molecular weight excluding hydrogens is 401 g/mol. The molecule has 0 aliphatic carbocycles. The van der Waals surface area contributed by atoms with Crippen molar-refractivity contribution in [1.82, 2.24) is 19.9 Å². The van der Waals surface area contributed by atoms with Crippen LogP contribution in [0.1, 0.15) is 18.5 Å². The van der Waals surface area contributed by atoms with Crippen molar-refractivity contribution < 1.29 is 9.18 Å². The van der Waals surface area contributed by atoms with Crippen molar-refractivity contribution in [2.75, 3.05) is 19.6 Å². The average molecular weight is 427 g/mol. The highest BCUT2D eigenvalue weighted by molar-refractivity contribution is 6.14. The van der Waals surface area contributed by atoms with Gasteiger partial charge in [-0.25, -0.2) is 9.98 Å². The molecule has 0 spiro atoms. The molecule has 0 radical (unpaired) electrons. The molecule has 3 heterocycles. The Morgan fingerprint density at radius 1 is 1.26 bits per heavy atom. The van der Waals surface area contributed by atoms with Crippen molar-refractivity contribution in [3.05, 3.63) is 48.6 Å². The van der Waals surface area contributed by atoms with Crippen molar-refractivity contribution in [1.29, 1.82) is 0 Å². The van der Waals surface area contributed by atoms with Gasteiger partial charge in [-0.15, -0.1) is 0 Å². The summed E-state index contributed by atoms with van der Waals surface area (Å²) in [4.78, 5) is 34.8. The predicted molar refractivity (Wildman–Crippen MR) is 115 cm³/mol. The molecule has 11 heteroatoms. The standard InChI is InChI=1S/C20H26FN9O/c21-17-9-14(1-4-27-17)29-18(23)16(19(24)31)11-28-20(13-22)2-7-30(8-3-20)12-15-10-25-5-6-26-15/h1,4-6,9-11,16H,2-3,7-8,12-13,22H2,(H2,24,31)(H2,23,27,29). The fourth-order valence-corrected chi connectivity index (χ4v) is 3.36. The second-order valence-electron chi connectivity index (χ2n) is 7.43. The predicted octanol–water partition coefficient (Wildman–Crippen LogP) is 0.165. The number of pyridine rings is 1. The Morgan fingerprint density at radius 2 is 2.03 bits per heavy atom. The molecule has 0 bridgehead atoms. The molecule has 1 saturated heterocycles. The van der Waals surface area contributed by atoms with E-state index in [0.29, 0.717) is 25.9 Å². The van der Waals surface area contributed by atoms with Gasteiger partial charge >= 0.3 is 0 Å². The highest BCUT2D eigenvalue weighted by Gasteiger charge is 2.33. The number of amidine groups is 1. The topological polar surface area (TPSA) is 162 Å². The van der Waals surface area contributed by atoms with Gasteiger partial charge in [-0.3, -0.25) is 24.7 Å². The van der Waals surface area contributed by atoms with Crippen LogP contribution in [0, 0.1) is 11.9 Å². The molecule has 0 saturated carbocycles. The Kier molecular flexibility index (Phi) is 7.32. The Bertz CT molecular complexity index is 943. The zero-order chi connectivity index (χ0) is 22.3. The largest absolute Gasteiger partial charge is 0.386 e. The monoisotopic (exact) mass is 427 g/mol. The normalized spacial score (nSPS) is 18.2. The van der Waals surface area contributed by atoms with E-state index in [1.807, 2.05) is 0 Å². The quantitative estimate of drug-likeness (QED) is 0.307. The van der Waals surface area contributed by atoms with E-state index in [1.54, 1.807) is 18.6 Å². The summed E-state index contributed by atoms with van der Waals surface area (Å²) in [5.41, 5.74) is 18.1. The first-order valence-electron chi connectivity index (χ1n) is 9.88. The molecule has 1 aliphatic heterocycles. The van der Waals surface area contributed by atoms with Crippen molar-refractivity contribution in [3.63, 3.8) is 0 Å². The second kappa shape index (κ2) is 10.1. The highest BCUT2D eigenvalue weighted by Crippen LogP contribution is 2.26. The number of amides is 1. The summed E-state index contributed by atoms with van der Waals surface area (Å²) in [6, 6.07) is 2.58. The molecule has 1 unspecified atom stereocenters. The highest BCUT2D eigenvalue weighted by atomic mass is 19.1. The summed E-state index contributed by atoms with van der Waals surface area (Å²) in [6.07, 6.45) is 9.14. The van der Waals surface area contributed by atoms with E-state index in [9.17, 15) is 9.18 Å². The number of piperidine rings is 1. The number of carbonyl (C=O) groups excluding carboxylic acids is 1.